The number of benzene rings is 4. The number of carboxylic acid groups (broad SMARTS) is 2. The molecule has 2 aliphatic rings. The lowest BCUT2D eigenvalue weighted by Gasteiger charge is -2.42. The van der Waals surface area contributed by atoms with E-state index in [9.17, 15) is 36.6 Å². The molecule has 0 radical (unpaired) electrons. The third-order valence-electron chi connectivity index (χ3n) is 11.8. The third kappa shape index (κ3) is 6.76. The van der Waals surface area contributed by atoms with Crippen molar-refractivity contribution in [2.75, 3.05) is 21.7 Å². The van der Waals surface area contributed by atoms with Gasteiger partial charge in [0.2, 0.25) is 0 Å². The van der Waals surface area contributed by atoms with Crippen LogP contribution in [0.15, 0.2) is 82.6 Å². The van der Waals surface area contributed by atoms with Crippen LogP contribution in [0.1, 0.15) is 103 Å². The van der Waals surface area contributed by atoms with Gasteiger partial charge < -0.3 is 10.2 Å². The third-order valence-corrected chi connectivity index (χ3v) is 15.3. The molecule has 0 saturated heterocycles. The maximum atomic E-state index is 14.6. The molecular weight excluding hydrogens is 725 g/mol. The van der Waals surface area contributed by atoms with Gasteiger partial charge in [-0.3, -0.25) is 18.2 Å². The Labute approximate surface area is 318 Å². The molecule has 0 aliphatic heterocycles. The summed E-state index contributed by atoms with van der Waals surface area (Å²) >= 11 is 0. The van der Waals surface area contributed by atoms with Crippen LogP contribution in [0.2, 0.25) is 0 Å². The second-order valence-electron chi connectivity index (χ2n) is 17.4. The van der Waals surface area contributed by atoms with Gasteiger partial charge in [0.15, 0.2) is 0 Å². The summed E-state index contributed by atoms with van der Waals surface area (Å²) in [6, 6.07) is 19.1. The first-order valence-corrected chi connectivity index (χ1v) is 21.1. The molecule has 6 rings (SSSR count). The predicted octanol–water partition coefficient (Wildman–Crippen LogP) is 8.10. The average molecular weight is 775 g/mol. The zero-order chi connectivity index (χ0) is 39.8. The number of anilines is 2. The van der Waals surface area contributed by atoms with Crippen molar-refractivity contribution in [3.8, 4) is 0 Å². The van der Waals surface area contributed by atoms with E-state index in [-0.39, 0.29) is 53.6 Å². The Hall–Kier alpha value is -4.42. The van der Waals surface area contributed by atoms with Gasteiger partial charge in [-0.15, -0.1) is 0 Å². The Kier molecular flexibility index (Phi) is 9.54. The molecule has 288 valence electrons. The number of rotatable bonds is 10. The molecule has 0 spiro atoms. The van der Waals surface area contributed by atoms with Gasteiger partial charge in [-0.1, -0.05) is 91.8 Å². The second-order valence-corrected chi connectivity index (χ2v) is 21.1. The fourth-order valence-electron chi connectivity index (χ4n) is 8.26. The highest BCUT2D eigenvalue weighted by atomic mass is 32.2. The molecule has 0 aromatic heterocycles. The Bertz CT molecular complexity index is 2250. The van der Waals surface area contributed by atoms with Crippen molar-refractivity contribution in [3.63, 3.8) is 0 Å². The Morgan fingerprint density at radius 2 is 0.833 bits per heavy atom. The minimum atomic E-state index is -4.49. The molecular formula is C42H50N2O8S2. The van der Waals surface area contributed by atoms with Gasteiger partial charge in [0.05, 0.1) is 21.2 Å². The molecule has 0 saturated carbocycles. The summed E-state index contributed by atoms with van der Waals surface area (Å²) < 4.78 is 59.9. The lowest BCUT2D eigenvalue weighted by atomic mass is 9.63. The van der Waals surface area contributed by atoms with Crippen LogP contribution in [-0.4, -0.2) is 52.1 Å². The van der Waals surface area contributed by atoms with Gasteiger partial charge in [-0.2, -0.15) is 0 Å². The van der Waals surface area contributed by atoms with Crippen LogP contribution in [0, 0.1) is 0 Å². The zero-order valence-electron chi connectivity index (χ0n) is 32.2. The lowest BCUT2D eigenvalue weighted by Crippen LogP contribution is -2.38. The van der Waals surface area contributed by atoms with E-state index >= 15 is 0 Å². The summed E-state index contributed by atoms with van der Waals surface area (Å²) in [4.78, 5) is 24.5. The molecule has 10 nitrogen and oxygen atoms in total. The number of sulfonamides is 2. The number of hydrogen-bond donors (Lipinski definition) is 2. The predicted molar refractivity (Wildman–Crippen MR) is 212 cm³/mol. The van der Waals surface area contributed by atoms with Crippen molar-refractivity contribution in [2.45, 2.75) is 113 Å². The number of carbonyl (C=O) groups is 2. The van der Waals surface area contributed by atoms with Crippen molar-refractivity contribution < 1.29 is 36.6 Å². The van der Waals surface area contributed by atoms with Gasteiger partial charge in [-0.05, 0) is 106 Å². The fourth-order valence-corrected chi connectivity index (χ4v) is 11.2. The van der Waals surface area contributed by atoms with Crippen LogP contribution in [0.5, 0.6) is 0 Å². The molecule has 2 N–H and O–H groups in total. The Balaban J connectivity index is 1.51. The van der Waals surface area contributed by atoms with Crippen molar-refractivity contribution in [1.29, 1.82) is 0 Å². The quantitative estimate of drug-likeness (QED) is 0.164. The molecule has 0 amide bonds. The van der Waals surface area contributed by atoms with Crippen LogP contribution in [-0.2, 0) is 51.3 Å². The molecule has 4 aromatic rings. The standard InChI is InChI=1S/C42H50N2O8S2/c1-39(2)19-21-41(5,6)33-23-27(13-15-31(33)39)53(49,50)43(25-37(45)46)35-17-18-36(30-12-10-9-11-29(30)35)44(26-38(47)48)54(51,52)28-14-16-32-34(24-28)42(7,8)22-20-40(32,3)4/h9-18,23-24H,19-22,25-26H2,1-8H3,(H,45,46)(H,47,48). The molecule has 0 atom stereocenters. The maximum absolute atomic E-state index is 14.6. The Morgan fingerprint density at radius 1 is 0.519 bits per heavy atom. The van der Waals surface area contributed by atoms with Crippen LogP contribution >= 0.6 is 0 Å². The molecule has 4 aromatic carbocycles. The number of hydrogen-bond acceptors (Lipinski definition) is 6. The van der Waals surface area contributed by atoms with Crippen LogP contribution < -0.4 is 8.61 Å². The first-order valence-electron chi connectivity index (χ1n) is 18.2. The van der Waals surface area contributed by atoms with Crippen molar-refractivity contribution >= 4 is 54.1 Å². The molecule has 0 fully saturated rings. The number of nitrogens with zero attached hydrogens (tertiary/aromatic N) is 2. The minimum Gasteiger partial charge on any atom is -0.480 e. The Morgan fingerprint density at radius 3 is 1.15 bits per heavy atom. The van der Waals surface area contributed by atoms with E-state index in [1.807, 2.05) is 12.1 Å². The van der Waals surface area contributed by atoms with Crippen LogP contribution in [0.4, 0.5) is 11.4 Å². The van der Waals surface area contributed by atoms with E-state index in [1.165, 1.54) is 24.3 Å². The van der Waals surface area contributed by atoms with Gasteiger partial charge in [0.25, 0.3) is 20.0 Å². The van der Waals surface area contributed by atoms with Crippen molar-refractivity contribution in [2.24, 2.45) is 0 Å². The monoisotopic (exact) mass is 774 g/mol. The van der Waals surface area contributed by atoms with Gasteiger partial charge in [0, 0.05) is 10.8 Å². The number of fused-ring (bicyclic) bond motifs is 3. The van der Waals surface area contributed by atoms with E-state index in [4.69, 9.17) is 0 Å². The molecule has 2 aliphatic carbocycles. The SMILES string of the molecule is CC1(C)CCC(C)(C)c2cc(S(=O)(=O)N(CC(=O)O)c3ccc(N(CC(=O)O)S(=O)(=O)c4ccc5c(c4)C(C)(C)CCC5(C)C)c4ccccc34)ccc21. The van der Waals surface area contributed by atoms with Gasteiger partial charge in [0.1, 0.15) is 13.1 Å². The van der Waals surface area contributed by atoms with E-state index in [0.29, 0.717) is 0 Å². The maximum Gasteiger partial charge on any atom is 0.324 e. The second kappa shape index (κ2) is 13.1. The summed E-state index contributed by atoms with van der Waals surface area (Å²) in [6.07, 6.45) is 3.55. The minimum absolute atomic E-state index is 0.0134. The summed E-state index contributed by atoms with van der Waals surface area (Å²) in [7, 11) is -8.98. The molecule has 12 heteroatoms. The molecule has 0 unspecified atom stereocenters. The topological polar surface area (TPSA) is 149 Å². The van der Waals surface area contributed by atoms with E-state index in [2.05, 4.69) is 55.4 Å². The van der Waals surface area contributed by atoms with Crippen LogP contribution in [0.25, 0.3) is 10.8 Å². The highest BCUT2D eigenvalue weighted by molar-refractivity contribution is 7.93. The summed E-state index contributed by atoms with van der Waals surface area (Å²) in [5.74, 6) is -2.78. The van der Waals surface area contributed by atoms with E-state index < -0.39 is 45.1 Å². The van der Waals surface area contributed by atoms with Crippen molar-refractivity contribution in [3.05, 3.63) is 95.1 Å². The average Bonchev–Trinajstić information content (AvgIpc) is 3.09. The summed E-state index contributed by atoms with van der Waals surface area (Å²) in [6.45, 7) is 15.0. The smallest absolute Gasteiger partial charge is 0.324 e. The first-order chi connectivity index (χ1) is 24.9. The first kappa shape index (κ1) is 39.3. The molecule has 54 heavy (non-hydrogen) atoms. The zero-order valence-corrected chi connectivity index (χ0v) is 33.9. The number of carboxylic acids is 2. The highest BCUT2D eigenvalue weighted by Crippen LogP contribution is 2.48. The van der Waals surface area contributed by atoms with Crippen LogP contribution in [0.3, 0.4) is 0 Å². The fraction of sp³-hybridized carbons (Fsp3) is 0.429. The largest absolute Gasteiger partial charge is 0.480 e. The van der Waals surface area contributed by atoms with E-state index in [1.54, 1.807) is 36.4 Å². The van der Waals surface area contributed by atoms with E-state index in [0.717, 1.165) is 56.5 Å². The number of aliphatic carboxylic acids is 2. The van der Waals surface area contributed by atoms with Crippen molar-refractivity contribution in [1.82, 2.24) is 0 Å². The summed E-state index contributed by atoms with van der Waals surface area (Å²) in [5.41, 5.74) is 2.92. The normalized spacial score (nSPS) is 18.3. The summed E-state index contributed by atoms with van der Waals surface area (Å²) in [5, 5.41) is 20.5. The van der Waals surface area contributed by atoms with Gasteiger partial charge >= 0.3 is 11.9 Å². The molecule has 0 heterocycles. The lowest BCUT2D eigenvalue weighted by molar-refractivity contribution is -0.136. The molecule has 0 bridgehead atoms. The van der Waals surface area contributed by atoms with Gasteiger partial charge in [-0.25, -0.2) is 16.8 Å². The highest BCUT2D eigenvalue weighted by Gasteiger charge is 2.41.